The number of carbonyl (C=O) groups is 1. The highest BCUT2D eigenvalue weighted by molar-refractivity contribution is 7.86. The number of nitrogens with zero attached hydrogens (tertiary/aromatic N) is 2. The lowest BCUT2D eigenvalue weighted by Gasteiger charge is -2.36. The Morgan fingerprint density at radius 3 is 2.42 bits per heavy atom. The van der Waals surface area contributed by atoms with Gasteiger partial charge in [-0.2, -0.15) is 17.0 Å². The van der Waals surface area contributed by atoms with E-state index in [0.29, 0.717) is 25.9 Å². The van der Waals surface area contributed by atoms with Gasteiger partial charge in [-0.1, -0.05) is 6.42 Å². The average Bonchev–Trinajstić information content (AvgIpc) is 2.88. The molecule has 0 aromatic heterocycles. The monoisotopic (exact) mass is 290 g/mol. The third-order valence-electron chi connectivity index (χ3n) is 4.01. The van der Waals surface area contributed by atoms with Crippen LogP contribution in [0.15, 0.2) is 0 Å². The molecule has 0 aromatic carbocycles. The predicted molar refractivity (Wildman–Crippen MR) is 70.7 cm³/mol. The van der Waals surface area contributed by atoms with Crippen LogP contribution in [0.2, 0.25) is 0 Å². The minimum Gasteiger partial charge on any atom is -0.468 e. The van der Waals surface area contributed by atoms with E-state index < -0.39 is 22.2 Å². The van der Waals surface area contributed by atoms with Crippen molar-refractivity contribution < 1.29 is 17.9 Å². The molecule has 6 nitrogen and oxygen atoms in total. The van der Waals surface area contributed by atoms with Crippen LogP contribution in [0.3, 0.4) is 0 Å². The van der Waals surface area contributed by atoms with Gasteiger partial charge in [0.1, 0.15) is 6.04 Å². The molecule has 2 atom stereocenters. The summed E-state index contributed by atoms with van der Waals surface area (Å²) in [5.74, 6) is -0.453. The first-order valence-corrected chi connectivity index (χ1v) is 8.24. The summed E-state index contributed by atoms with van der Waals surface area (Å²) in [6, 6.07) is -0.637. The van der Waals surface area contributed by atoms with Crippen LogP contribution in [0.5, 0.6) is 0 Å². The Labute approximate surface area is 114 Å². The molecule has 0 N–H and O–H groups in total. The van der Waals surface area contributed by atoms with Gasteiger partial charge in [0.2, 0.25) is 0 Å². The third-order valence-corrected chi connectivity index (χ3v) is 6.18. The molecular weight excluding hydrogens is 268 g/mol. The summed E-state index contributed by atoms with van der Waals surface area (Å²) in [5, 5.41) is 0. The lowest BCUT2D eigenvalue weighted by atomic mass is 10.1. The Balaban J connectivity index is 2.20. The molecule has 110 valence electrons. The SMILES string of the molecule is COC(=O)C1CCCN1S(=O)(=O)N1CCCCC1C. The van der Waals surface area contributed by atoms with Crippen molar-refractivity contribution in [2.45, 2.75) is 51.1 Å². The zero-order valence-corrected chi connectivity index (χ0v) is 12.4. The molecular formula is C12H22N2O4S. The summed E-state index contributed by atoms with van der Waals surface area (Å²) in [6.07, 6.45) is 4.10. The Morgan fingerprint density at radius 1 is 1.11 bits per heavy atom. The first kappa shape index (κ1) is 14.7. The van der Waals surface area contributed by atoms with E-state index in [-0.39, 0.29) is 6.04 Å². The fraction of sp³-hybridized carbons (Fsp3) is 0.917. The quantitative estimate of drug-likeness (QED) is 0.719. The van der Waals surface area contributed by atoms with Crippen LogP contribution >= 0.6 is 0 Å². The third kappa shape index (κ3) is 2.78. The first-order valence-electron chi connectivity index (χ1n) is 6.85. The van der Waals surface area contributed by atoms with E-state index in [4.69, 9.17) is 4.74 Å². The Morgan fingerprint density at radius 2 is 1.79 bits per heavy atom. The molecule has 2 rings (SSSR count). The normalized spacial score (nSPS) is 30.4. The highest BCUT2D eigenvalue weighted by atomic mass is 32.2. The van der Waals surface area contributed by atoms with Crippen molar-refractivity contribution in [2.24, 2.45) is 0 Å². The molecule has 0 spiro atoms. The summed E-state index contributed by atoms with van der Waals surface area (Å²) in [7, 11) is -2.25. The molecule has 2 saturated heterocycles. The second-order valence-corrected chi connectivity index (χ2v) is 7.09. The molecule has 0 amide bonds. The Kier molecular flexibility index (Phi) is 4.47. The van der Waals surface area contributed by atoms with Crippen molar-refractivity contribution in [1.29, 1.82) is 0 Å². The number of methoxy groups -OCH3 is 1. The maximum atomic E-state index is 12.7. The molecule has 7 heteroatoms. The number of hydrogen-bond donors (Lipinski definition) is 0. The van der Waals surface area contributed by atoms with Crippen LogP contribution in [0.25, 0.3) is 0 Å². The van der Waals surface area contributed by atoms with Crippen molar-refractivity contribution in [3.8, 4) is 0 Å². The lowest BCUT2D eigenvalue weighted by Crippen LogP contribution is -2.52. The van der Waals surface area contributed by atoms with Crippen LogP contribution in [0.1, 0.15) is 39.0 Å². The highest BCUT2D eigenvalue weighted by Crippen LogP contribution is 2.28. The molecule has 0 aromatic rings. The van der Waals surface area contributed by atoms with E-state index in [0.717, 1.165) is 19.3 Å². The molecule has 2 fully saturated rings. The van der Waals surface area contributed by atoms with Crippen LogP contribution in [0.4, 0.5) is 0 Å². The highest BCUT2D eigenvalue weighted by Gasteiger charge is 2.43. The van der Waals surface area contributed by atoms with Gasteiger partial charge in [-0.25, -0.2) is 0 Å². The number of hydrogen-bond acceptors (Lipinski definition) is 4. The second-order valence-electron chi connectivity index (χ2n) is 5.26. The molecule has 0 radical (unpaired) electrons. The molecule has 0 saturated carbocycles. The summed E-state index contributed by atoms with van der Waals surface area (Å²) < 4.78 is 32.9. The van der Waals surface area contributed by atoms with E-state index >= 15 is 0 Å². The minimum absolute atomic E-state index is 0.0117. The van der Waals surface area contributed by atoms with Gasteiger partial charge in [0.15, 0.2) is 0 Å². The van der Waals surface area contributed by atoms with Crippen molar-refractivity contribution in [3.63, 3.8) is 0 Å². The maximum absolute atomic E-state index is 12.7. The molecule has 2 heterocycles. The largest absolute Gasteiger partial charge is 0.468 e. The van der Waals surface area contributed by atoms with E-state index in [1.54, 1.807) is 0 Å². The zero-order valence-electron chi connectivity index (χ0n) is 11.5. The molecule has 2 unspecified atom stereocenters. The molecule has 2 aliphatic rings. The smallest absolute Gasteiger partial charge is 0.324 e. The summed E-state index contributed by atoms with van der Waals surface area (Å²) >= 11 is 0. The van der Waals surface area contributed by atoms with Gasteiger partial charge in [0.05, 0.1) is 7.11 Å². The van der Waals surface area contributed by atoms with E-state index in [2.05, 4.69) is 0 Å². The number of piperidine rings is 1. The molecule has 0 aliphatic carbocycles. The van der Waals surface area contributed by atoms with Crippen LogP contribution in [0, 0.1) is 0 Å². The van der Waals surface area contributed by atoms with Crippen molar-refractivity contribution in [1.82, 2.24) is 8.61 Å². The molecule has 19 heavy (non-hydrogen) atoms. The Bertz CT molecular complexity index is 437. The van der Waals surface area contributed by atoms with Gasteiger partial charge >= 0.3 is 5.97 Å². The topological polar surface area (TPSA) is 66.9 Å². The second kappa shape index (κ2) is 5.76. The summed E-state index contributed by atoms with van der Waals surface area (Å²) in [6.45, 7) is 2.89. The van der Waals surface area contributed by atoms with Crippen molar-refractivity contribution in [3.05, 3.63) is 0 Å². The van der Waals surface area contributed by atoms with Crippen LogP contribution < -0.4 is 0 Å². The lowest BCUT2D eigenvalue weighted by molar-refractivity contribution is -0.144. The van der Waals surface area contributed by atoms with Gasteiger partial charge in [-0.05, 0) is 32.6 Å². The standard InChI is InChI=1S/C12H22N2O4S/c1-10-6-3-4-8-13(10)19(16,17)14-9-5-7-11(14)12(15)18-2/h10-11H,3-9H2,1-2H3. The van der Waals surface area contributed by atoms with Crippen LogP contribution in [-0.2, 0) is 19.7 Å². The van der Waals surface area contributed by atoms with E-state index in [1.165, 1.54) is 15.7 Å². The molecule has 0 bridgehead atoms. The minimum atomic E-state index is -3.55. The van der Waals surface area contributed by atoms with Crippen molar-refractivity contribution in [2.75, 3.05) is 20.2 Å². The van der Waals surface area contributed by atoms with Crippen molar-refractivity contribution >= 4 is 16.2 Å². The fourth-order valence-electron chi connectivity index (χ4n) is 2.94. The average molecular weight is 290 g/mol. The zero-order chi connectivity index (χ0) is 14.0. The van der Waals surface area contributed by atoms with E-state index in [9.17, 15) is 13.2 Å². The number of ether oxygens (including phenoxy) is 1. The van der Waals surface area contributed by atoms with Crippen LogP contribution in [-0.4, -0.2) is 55.3 Å². The van der Waals surface area contributed by atoms with Gasteiger partial charge < -0.3 is 4.74 Å². The van der Waals surface area contributed by atoms with Gasteiger partial charge in [0, 0.05) is 19.1 Å². The Hall–Kier alpha value is -0.660. The van der Waals surface area contributed by atoms with Gasteiger partial charge in [-0.15, -0.1) is 0 Å². The summed E-state index contributed by atoms with van der Waals surface area (Å²) in [4.78, 5) is 11.7. The summed E-state index contributed by atoms with van der Waals surface area (Å²) in [5.41, 5.74) is 0. The maximum Gasteiger partial charge on any atom is 0.324 e. The number of rotatable bonds is 3. The number of carbonyl (C=O) groups excluding carboxylic acids is 1. The molecule has 2 aliphatic heterocycles. The number of esters is 1. The first-order chi connectivity index (χ1) is 8.98. The van der Waals surface area contributed by atoms with E-state index in [1.807, 2.05) is 6.92 Å². The van der Waals surface area contributed by atoms with Gasteiger partial charge in [-0.3, -0.25) is 4.79 Å². The predicted octanol–water partition coefficient (Wildman–Crippen LogP) is 0.743. The fourth-order valence-corrected chi connectivity index (χ4v) is 5.00. The van der Waals surface area contributed by atoms with Gasteiger partial charge in [0.25, 0.3) is 10.2 Å².